The van der Waals surface area contributed by atoms with Gasteiger partial charge in [-0.25, -0.2) is 18.5 Å². The Hall–Kier alpha value is -3.82. The minimum Gasteiger partial charge on any atom is -0.491 e. The van der Waals surface area contributed by atoms with Gasteiger partial charge in [-0.05, 0) is 17.7 Å². The molecule has 0 aliphatic carbocycles. The molecule has 1 aliphatic heterocycles. The van der Waals surface area contributed by atoms with Crippen LogP contribution >= 0.6 is 0 Å². The summed E-state index contributed by atoms with van der Waals surface area (Å²) in [5.41, 5.74) is 6.75. The number of nitrogens with two attached hydrogens (primary N) is 1. The van der Waals surface area contributed by atoms with Crippen molar-refractivity contribution < 1.29 is 27.5 Å². The van der Waals surface area contributed by atoms with E-state index in [2.05, 4.69) is 9.72 Å². The topological polar surface area (TPSA) is 88.8 Å². The van der Waals surface area contributed by atoms with Crippen LogP contribution in [0, 0.1) is 17.5 Å². The van der Waals surface area contributed by atoms with Crippen LogP contribution in [-0.4, -0.2) is 35.5 Å². The van der Waals surface area contributed by atoms with Crippen molar-refractivity contribution in [1.29, 1.82) is 0 Å². The molecule has 1 aromatic heterocycles. The Balaban J connectivity index is 1.69. The minimum atomic E-state index is -1.62. The number of halogens is 3. The molecule has 4 rings (SSSR count). The zero-order chi connectivity index (χ0) is 21.6. The Morgan fingerprint density at radius 1 is 1.17 bits per heavy atom. The molecule has 2 heterocycles. The number of nitrogen functional groups attached to an aromatic ring is 1. The molecule has 154 valence electrons. The lowest BCUT2D eigenvalue weighted by Gasteiger charge is -2.19. The number of carbonyl (C=O) groups is 2. The Morgan fingerprint density at radius 2 is 1.93 bits per heavy atom. The maximum Gasteiger partial charge on any atom is 0.332 e. The Bertz CT molecular complexity index is 1200. The number of carbonyl (C=O) groups excluding carboxylic acids is 2. The van der Waals surface area contributed by atoms with E-state index in [9.17, 15) is 22.8 Å². The second-order valence-corrected chi connectivity index (χ2v) is 6.62. The number of pyridine rings is 1. The number of para-hydroxylation sites is 1. The fourth-order valence-electron chi connectivity index (χ4n) is 3.43. The normalized spacial score (nSPS) is 14.1. The highest BCUT2D eigenvalue weighted by atomic mass is 19.2. The van der Waals surface area contributed by atoms with Gasteiger partial charge in [-0.15, -0.1) is 0 Å². The van der Waals surface area contributed by atoms with Crippen LogP contribution in [0.3, 0.4) is 0 Å². The molecule has 3 amide bonds. The van der Waals surface area contributed by atoms with E-state index < -0.39 is 40.8 Å². The summed E-state index contributed by atoms with van der Waals surface area (Å²) in [6.45, 7) is -0.397. The lowest BCUT2D eigenvalue weighted by Crippen LogP contribution is -2.33. The van der Waals surface area contributed by atoms with E-state index in [-0.39, 0.29) is 13.1 Å². The van der Waals surface area contributed by atoms with Crippen molar-refractivity contribution in [3.05, 3.63) is 59.5 Å². The maximum absolute atomic E-state index is 14.4. The molecule has 1 fully saturated rings. The van der Waals surface area contributed by atoms with Gasteiger partial charge in [-0.2, -0.15) is 4.39 Å². The number of urea groups is 1. The summed E-state index contributed by atoms with van der Waals surface area (Å²) >= 11 is 0. The summed E-state index contributed by atoms with van der Waals surface area (Å²) in [7, 11) is 0.973. The number of aromatic nitrogens is 1. The number of hydrogen-bond donors (Lipinski definition) is 1. The molecule has 7 nitrogen and oxygen atoms in total. The van der Waals surface area contributed by atoms with Crippen molar-refractivity contribution in [2.75, 3.05) is 24.3 Å². The molecule has 1 saturated heterocycles. The smallest absolute Gasteiger partial charge is 0.332 e. The average Bonchev–Trinajstić information content (AvgIpc) is 2.99. The van der Waals surface area contributed by atoms with Gasteiger partial charge in [-0.3, -0.25) is 9.78 Å². The first-order chi connectivity index (χ1) is 14.3. The summed E-state index contributed by atoms with van der Waals surface area (Å²) in [6.07, 6.45) is 1.52. The van der Waals surface area contributed by atoms with Crippen molar-refractivity contribution in [3.63, 3.8) is 0 Å². The highest BCUT2D eigenvalue weighted by Crippen LogP contribution is 2.34. The molecular weight excluding hydrogens is 401 g/mol. The first-order valence-electron chi connectivity index (χ1n) is 8.79. The number of nitrogens with zero attached hydrogens (tertiary/aromatic N) is 3. The van der Waals surface area contributed by atoms with E-state index in [0.717, 1.165) is 12.0 Å². The average molecular weight is 416 g/mol. The predicted molar refractivity (Wildman–Crippen MR) is 102 cm³/mol. The van der Waals surface area contributed by atoms with Gasteiger partial charge >= 0.3 is 6.03 Å². The van der Waals surface area contributed by atoms with Crippen molar-refractivity contribution in [2.45, 2.75) is 6.54 Å². The van der Waals surface area contributed by atoms with Crippen LogP contribution in [0.5, 0.6) is 5.75 Å². The number of amides is 3. The number of methoxy groups -OCH3 is 1. The van der Waals surface area contributed by atoms with Gasteiger partial charge in [0.15, 0.2) is 17.4 Å². The highest BCUT2D eigenvalue weighted by Gasteiger charge is 2.40. The summed E-state index contributed by atoms with van der Waals surface area (Å²) in [4.78, 5) is 31.0. The lowest BCUT2D eigenvalue weighted by atomic mass is 10.1. The Kier molecular flexibility index (Phi) is 4.69. The zero-order valence-electron chi connectivity index (χ0n) is 15.7. The number of fused-ring (bicyclic) bond motifs is 1. The molecule has 1 aliphatic rings. The third kappa shape index (κ3) is 2.97. The molecule has 0 bridgehead atoms. The molecule has 0 radical (unpaired) electrons. The van der Waals surface area contributed by atoms with E-state index in [0.29, 0.717) is 33.1 Å². The van der Waals surface area contributed by atoms with Crippen LogP contribution in [0.4, 0.5) is 29.3 Å². The van der Waals surface area contributed by atoms with Crippen molar-refractivity contribution >= 4 is 34.2 Å². The van der Waals surface area contributed by atoms with Crippen LogP contribution in [0.2, 0.25) is 0 Å². The van der Waals surface area contributed by atoms with E-state index in [1.807, 2.05) is 0 Å². The zero-order valence-corrected chi connectivity index (χ0v) is 15.7. The summed E-state index contributed by atoms with van der Waals surface area (Å²) in [6, 6.07) is 6.49. The quantitative estimate of drug-likeness (QED) is 0.401. The number of benzene rings is 2. The van der Waals surface area contributed by atoms with Crippen LogP contribution < -0.4 is 15.4 Å². The fourth-order valence-corrected chi connectivity index (χ4v) is 3.43. The first-order valence-corrected chi connectivity index (χ1v) is 8.79. The van der Waals surface area contributed by atoms with Gasteiger partial charge in [0.05, 0.1) is 24.0 Å². The third-order valence-corrected chi connectivity index (χ3v) is 4.83. The summed E-state index contributed by atoms with van der Waals surface area (Å²) in [5, 5.41) is 0.684. The lowest BCUT2D eigenvalue weighted by molar-refractivity contribution is -0.116. The highest BCUT2D eigenvalue weighted by molar-refractivity contribution is 6.19. The molecule has 3 aromatic rings. The van der Waals surface area contributed by atoms with Crippen LogP contribution in [-0.2, 0) is 11.3 Å². The number of imide groups is 1. The van der Waals surface area contributed by atoms with E-state index in [1.165, 1.54) is 6.20 Å². The second kappa shape index (κ2) is 7.21. The van der Waals surface area contributed by atoms with E-state index in [4.69, 9.17) is 5.73 Å². The first kappa shape index (κ1) is 19.5. The second-order valence-electron chi connectivity index (χ2n) is 6.62. The number of rotatable bonds is 4. The van der Waals surface area contributed by atoms with E-state index in [1.54, 1.807) is 24.3 Å². The van der Waals surface area contributed by atoms with Crippen molar-refractivity contribution in [1.82, 2.24) is 9.88 Å². The molecule has 2 aromatic carbocycles. The fraction of sp³-hybridized carbons (Fsp3) is 0.150. The SMILES string of the molecule is COc1c(F)cc(N2C(=O)CN(Cc3ccnc4c(N)cccc34)C2=O)c(F)c1F. The molecule has 0 atom stereocenters. The molecule has 30 heavy (non-hydrogen) atoms. The molecule has 10 heteroatoms. The summed E-state index contributed by atoms with van der Waals surface area (Å²) < 4.78 is 47.0. The van der Waals surface area contributed by atoms with Gasteiger partial charge in [-0.1, -0.05) is 12.1 Å². The van der Waals surface area contributed by atoms with Gasteiger partial charge in [0, 0.05) is 24.2 Å². The largest absolute Gasteiger partial charge is 0.491 e. The molecule has 0 saturated carbocycles. The van der Waals surface area contributed by atoms with Crippen molar-refractivity contribution in [3.8, 4) is 5.75 Å². The number of hydrogen-bond acceptors (Lipinski definition) is 5. The van der Waals surface area contributed by atoms with Crippen molar-refractivity contribution in [2.24, 2.45) is 0 Å². The summed E-state index contributed by atoms with van der Waals surface area (Å²) in [5.74, 6) is -6.17. The van der Waals surface area contributed by atoms with E-state index >= 15 is 0 Å². The number of anilines is 2. The van der Waals surface area contributed by atoms with Crippen LogP contribution in [0.1, 0.15) is 5.56 Å². The van der Waals surface area contributed by atoms with Gasteiger partial charge < -0.3 is 15.4 Å². The van der Waals surface area contributed by atoms with Gasteiger partial charge in [0.2, 0.25) is 5.82 Å². The monoisotopic (exact) mass is 416 g/mol. The number of ether oxygens (including phenoxy) is 1. The van der Waals surface area contributed by atoms with Gasteiger partial charge in [0.1, 0.15) is 6.54 Å². The maximum atomic E-state index is 14.4. The minimum absolute atomic E-state index is 0.00765. The van der Waals surface area contributed by atoms with Crippen LogP contribution in [0.25, 0.3) is 10.9 Å². The Labute approximate surface area is 168 Å². The van der Waals surface area contributed by atoms with Crippen LogP contribution in [0.15, 0.2) is 36.5 Å². The molecule has 0 spiro atoms. The molecular formula is C20H15F3N4O3. The van der Waals surface area contributed by atoms with Gasteiger partial charge in [0.25, 0.3) is 5.91 Å². The standard InChI is InChI=1S/C20H15F3N4O3/c1-30-19-12(21)7-14(16(22)17(19)23)27-15(28)9-26(20(27)29)8-10-5-6-25-18-11(10)3-2-4-13(18)24/h2-7H,8-9,24H2,1H3. The predicted octanol–water partition coefficient (Wildman–Crippen LogP) is 3.21. The third-order valence-electron chi connectivity index (χ3n) is 4.83. The Morgan fingerprint density at radius 3 is 2.67 bits per heavy atom. The molecule has 0 unspecified atom stereocenters. The molecule has 2 N–H and O–H groups in total.